The van der Waals surface area contributed by atoms with Crippen molar-refractivity contribution >= 4 is 17.7 Å². The van der Waals surface area contributed by atoms with Crippen LogP contribution in [-0.2, 0) is 0 Å². The second kappa shape index (κ2) is 6.58. The number of aromatic nitrogens is 2. The quantitative estimate of drug-likeness (QED) is 0.823. The molecule has 106 valence electrons. The molecule has 0 saturated heterocycles. The van der Waals surface area contributed by atoms with Gasteiger partial charge in [-0.15, -0.1) is 0 Å². The fourth-order valence-electron chi connectivity index (χ4n) is 1.76. The summed E-state index contributed by atoms with van der Waals surface area (Å²) in [5.41, 5.74) is 1.53. The Hall–Kier alpha value is -1.79. The Bertz CT molecular complexity index is 580. The number of benzene rings is 1. The number of aliphatic hydroxyl groups is 1. The van der Waals surface area contributed by atoms with Gasteiger partial charge < -0.3 is 10.4 Å². The van der Waals surface area contributed by atoms with E-state index >= 15 is 0 Å². The van der Waals surface area contributed by atoms with E-state index in [-0.39, 0.29) is 18.6 Å². The average molecular weight is 291 g/mol. The Morgan fingerprint density at radius 3 is 2.75 bits per heavy atom. The summed E-state index contributed by atoms with van der Waals surface area (Å²) in [6, 6.07) is 7.02. The Morgan fingerprint density at radius 2 is 2.15 bits per heavy atom. The van der Waals surface area contributed by atoms with Gasteiger partial charge in [0.05, 0.1) is 6.61 Å². The number of nitrogens with zero attached hydrogens (tertiary/aromatic N) is 2. The zero-order valence-corrected chi connectivity index (χ0v) is 12.2. The molecular formula is C14H17N3O2S. The van der Waals surface area contributed by atoms with E-state index in [4.69, 9.17) is 5.11 Å². The standard InChI is InChI=1S/C14H17N3O2S/c1-10(9-18)16-13(19)11-3-5-12(6-4-11)17-8-7-15-14(17)20-2/h3-8,10,18H,9H2,1-2H3,(H,16,19). The molecule has 20 heavy (non-hydrogen) atoms. The summed E-state index contributed by atoms with van der Waals surface area (Å²) in [7, 11) is 0. The average Bonchev–Trinajstić information content (AvgIpc) is 2.95. The van der Waals surface area contributed by atoms with E-state index in [2.05, 4.69) is 10.3 Å². The fraction of sp³-hybridized carbons (Fsp3) is 0.286. The van der Waals surface area contributed by atoms with Crippen LogP contribution in [0.4, 0.5) is 0 Å². The summed E-state index contributed by atoms with van der Waals surface area (Å²) < 4.78 is 1.96. The Balaban J connectivity index is 2.16. The number of rotatable bonds is 5. The number of amides is 1. The van der Waals surface area contributed by atoms with Crippen LogP contribution in [0, 0.1) is 0 Å². The van der Waals surface area contributed by atoms with E-state index in [0.29, 0.717) is 5.56 Å². The van der Waals surface area contributed by atoms with E-state index in [1.165, 1.54) is 0 Å². The molecule has 0 aliphatic rings. The highest BCUT2D eigenvalue weighted by molar-refractivity contribution is 7.98. The minimum Gasteiger partial charge on any atom is -0.394 e. The maximum atomic E-state index is 11.9. The topological polar surface area (TPSA) is 67.2 Å². The van der Waals surface area contributed by atoms with Crippen molar-refractivity contribution in [1.29, 1.82) is 0 Å². The van der Waals surface area contributed by atoms with Crippen LogP contribution in [0.1, 0.15) is 17.3 Å². The minimum atomic E-state index is -0.251. The van der Waals surface area contributed by atoms with Gasteiger partial charge in [0.15, 0.2) is 5.16 Å². The largest absolute Gasteiger partial charge is 0.394 e. The van der Waals surface area contributed by atoms with Crippen LogP contribution >= 0.6 is 11.8 Å². The molecule has 6 heteroatoms. The number of thioether (sulfide) groups is 1. The molecular weight excluding hydrogens is 274 g/mol. The molecule has 0 radical (unpaired) electrons. The number of hydrogen-bond donors (Lipinski definition) is 2. The van der Waals surface area contributed by atoms with E-state index in [0.717, 1.165) is 10.8 Å². The molecule has 2 rings (SSSR count). The van der Waals surface area contributed by atoms with Crippen molar-refractivity contribution in [3.8, 4) is 5.69 Å². The molecule has 0 spiro atoms. The normalized spacial score (nSPS) is 12.2. The van der Waals surface area contributed by atoms with Gasteiger partial charge >= 0.3 is 0 Å². The van der Waals surface area contributed by atoms with Crippen molar-refractivity contribution in [3.05, 3.63) is 42.2 Å². The smallest absolute Gasteiger partial charge is 0.251 e. The molecule has 1 atom stereocenters. The zero-order valence-electron chi connectivity index (χ0n) is 11.4. The van der Waals surface area contributed by atoms with E-state index in [1.807, 2.05) is 29.2 Å². The Morgan fingerprint density at radius 1 is 1.45 bits per heavy atom. The molecule has 1 unspecified atom stereocenters. The van der Waals surface area contributed by atoms with Gasteiger partial charge in [0.1, 0.15) is 0 Å². The van der Waals surface area contributed by atoms with Gasteiger partial charge in [-0.2, -0.15) is 0 Å². The molecule has 5 nitrogen and oxygen atoms in total. The third-order valence-electron chi connectivity index (χ3n) is 2.85. The summed E-state index contributed by atoms with van der Waals surface area (Å²) in [4.78, 5) is 16.1. The van der Waals surface area contributed by atoms with Crippen molar-refractivity contribution in [2.45, 2.75) is 18.1 Å². The predicted molar refractivity (Wildman–Crippen MR) is 79.4 cm³/mol. The van der Waals surface area contributed by atoms with Crippen LogP contribution in [0.25, 0.3) is 5.69 Å². The number of hydrogen-bond acceptors (Lipinski definition) is 4. The van der Waals surface area contributed by atoms with Gasteiger partial charge in [0, 0.05) is 29.7 Å². The fourth-order valence-corrected chi connectivity index (χ4v) is 2.29. The molecule has 0 fully saturated rings. The minimum absolute atomic E-state index is 0.0735. The lowest BCUT2D eigenvalue weighted by Gasteiger charge is -2.11. The Kier molecular flexibility index (Phi) is 4.81. The van der Waals surface area contributed by atoms with Crippen molar-refractivity contribution in [1.82, 2.24) is 14.9 Å². The number of carbonyl (C=O) groups excluding carboxylic acids is 1. The predicted octanol–water partition coefficient (Wildman–Crippen LogP) is 1.70. The second-order valence-corrected chi connectivity index (χ2v) is 5.16. The molecule has 2 N–H and O–H groups in total. The van der Waals surface area contributed by atoms with Gasteiger partial charge in [-0.1, -0.05) is 11.8 Å². The van der Waals surface area contributed by atoms with Crippen molar-refractivity contribution < 1.29 is 9.90 Å². The molecule has 0 aliphatic carbocycles. The van der Waals surface area contributed by atoms with Crippen LogP contribution in [0.2, 0.25) is 0 Å². The first-order valence-electron chi connectivity index (χ1n) is 6.25. The number of imidazole rings is 1. The summed E-state index contributed by atoms with van der Waals surface area (Å²) in [5.74, 6) is -0.186. The van der Waals surface area contributed by atoms with Crippen LogP contribution in [0.5, 0.6) is 0 Å². The van der Waals surface area contributed by atoms with Crippen LogP contribution in [0.15, 0.2) is 41.8 Å². The summed E-state index contributed by atoms with van der Waals surface area (Å²) in [6.45, 7) is 1.68. The van der Waals surface area contributed by atoms with Gasteiger partial charge in [0.2, 0.25) is 0 Å². The van der Waals surface area contributed by atoms with Gasteiger partial charge in [0.25, 0.3) is 5.91 Å². The Labute approximate surface area is 122 Å². The van der Waals surface area contributed by atoms with Gasteiger partial charge in [-0.25, -0.2) is 4.98 Å². The SMILES string of the molecule is CSc1nccn1-c1ccc(C(=O)NC(C)CO)cc1. The third kappa shape index (κ3) is 3.20. The molecule has 1 heterocycles. The first kappa shape index (κ1) is 14.6. The van der Waals surface area contributed by atoms with Gasteiger partial charge in [-0.3, -0.25) is 9.36 Å². The molecule has 0 bridgehead atoms. The van der Waals surface area contributed by atoms with Crippen molar-refractivity contribution in [2.24, 2.45) is 0 Å². The molecule has 0 aliphatic heterocycles. The summed E-state index contributed by atoms with van der Waals surface area (Å²) >= 11 is 1.56. The van der Waals surface area contributed by atoms with Crippen LogP contribution in [0.3, 0.4) is 0 Å². The lowest BCUT2D eigenvalue weighted by molar-refractivity contribution is 0.0922. The van der Waals surface area contributed by atoms with Crippen LogP contribution in [-0.4, -0.2) is 39.5 Å². The lowest BCUT2D eigenvalue weighted by Crippen LogP contribution is -2.34. The maximum Gasteiger partial charge on any atom is 0.251 e. The van der Waals surface area contributed by atoms with Crippen molar-refractivity contribution in [3.63, 3.8) is 0 Å². The second-order valence-electron chi connectivity index (χ2n) is 4.39. The highest BCUT2D eigenvalue weighted by Crippen LogP contribution is 2.18. The summed E-state index contributed by atoms with van der Waals surface area (Å²) in [5, 5.41) is 12.5. The summed E-state index contributed by atoms with van der Waals surface area (Å²) in [6.07, 6.45) is 5.60. The highest BCUT2D eigenvalue weighted by Gasteiger charge is 2.09. The first-order valence-corrected chi connectivity index (χ1v) is 7.47. The molecule has 2 aromatic rings. The number of carbonyl (C=O) groups is 1. The first-order chi connectivity index (χ1) is 9.65. The van der Waals surface area contributed by atoms with E-state index in [9.17, 15) is 4.79 Å². The molecule has 1 aromatic carbocycles. The molecule has 1 amide bonds. The van der Waals surface area contributed by atoms with Crippen molar-refractivity contribution in [2.75, 3.05) is 12.9 Å². The number of nitrogens with one attached hydrogen (secondary N) is 1. The van der Waals surface area contributed by atoms with E-state index < -0.39 is 0 Å². The third-order valence-corrected chi connectivity index (χ3v) is 3.52. The zero-order chi connectivity index (χ0) is 14.5. The monoisotopic (exact) mass is 291 g/mol. The molecule has 0 saturated carbocycles. The maximum absolute atomic E-state index is 11.9. The van der Waals surface area contributed by atoms with Crippen LogP contribution < -0.4 is 5.32 Å². The molecule has 1 aromatic heterocycles. The van der Waals surface area contributed by atoms with E-state index in [1.54, 1.807) is 37.0 Å². The van der Waals surface area contributed by atoms with Gasteiger partial charge in [-0.05, 0) is 37.4 Å². The highest BCUT2D eigenvalue weighted by atomic mass is 32.2. The lowest BCUT2D eigenvalue weighted by atomic mass is 10.2. The number of aliphatic hydroxyl groups excluding tert-OH is 1.